The highest BCUT2D eigenvalue weighted by atomic mass is 16.5. The van der Waals surface area contributed by atoms with Crippen LogP contribution in [0.15, 0.2) is 24.3 Å². The molecule has 1 aromatic carbocycles. The van der Waals surface area contributed by atoms with E-state index >= 15 is 0 Å². The fraction of sp³-hybridized carbons (Fsp3) is 0.462. The van der Waals surface area contributed by atoms with Crippen molar-refractivity contribution >= 4 is 11.6 Å². The highest BCUT2D eigenvalue weighted by Gasteiger charge is 2.27. The predicted octanol–water partition coefficient (Wildman–Crippen LogP) is 1.11. The Labute approximate surface area is 101 Å². The summed E-state index contributed by atoms with van der Waals surface area (Å²) in [6, 6.07) is 7.97. The summed E-state index contributed by atoms with van der Waals surface area (Å²) < 4.78 is 4.91. The standard InChI is InChI=1S/C13H18N2O2/c1-17-9-13(16)15-7-6-10(8-14)11-4-2-3-5-12(11)15/h2-5,10H,6-9,14H2,1H3. The van der Waals surface area contributed by atoms with Crippen LogP contribution in [0.3, 0.4) is 0 Å². The van der Waals surface area contributed by atoms with Gasteiger partial charge in [-0.1, -0.05) is 18.2 Å². The lowest BCUT2D eigenvalue weighted by atomic mass is 9.90. The summed E-state index contributed by atoms with van der Waals surface area (Å²) in [6.45, 7) is 1.48. The second kappa shape index (κ2) is 5.29. The smallest absolute Gasteiger partial charge is 0.252 e. The number of carbonyl (C=O) groups is 1. The molecule has 1 amide bonds. The molecule has 0 radical (unpaired) electrons. The van der Waals surface area contributed by atoms with Crippen LogP contribution in [-0.2, 0) is 9.53 Å². The van der Waals surface area contributed by atoms with E-state index in [1.807, 2.05) is 18.2 Å². The Morgan fingerprint density at radius 1 is 1.53 bits per heavy atom. The van der Waals surface area contributed by atoms with Crippen LogP contribution < -0.4 is 10.6 Å². The van der Waals surface area contributed by atoms with Crippen molar-refractivity contribution < 1.29 is 9.53 Å². The maximum absolute atomic E-state index is 11.9. The molecule has 0 fully saturated rings. The molecule has 0 aromatic heterocycles. The van der Waals surface area contributed by atoms with E-state index in [4.69, 9.17) is 10.5 Å². The average molecular weight is 234 g/mol. The van der Waals surface area contributed by atoms with E-state index < -0.39 is 0 Å². The van der Waals surface area contributed by atoms with Crippen LogP contribution in [0, 0.1) is 0 Å². The molecule has 2 rings (SSSR count). The van der Waals surface area contributed by atoms with Gasteiger partial charge < -0.3 is 15.4 Å². The Bertz CT molecular complexity index is 406. The zero-order valence-electron chi connectivity index (χ0n) is 10.1. The Hall–Kier alpha value is -1.39. The van der Waals surface area contributed by atoms with Gasteiger partial charge in [0.1, 0.15) is 6.61 Å². The number of amides is 1. The number of nitrogens with two attached hydrogens (primary N) is 1. The molecule has 0 bridgehead atoms. The molecule has 0 saturated heterocycles. The highest BCUT2D eigenvalue weighted by Crippen LogP contribution is 2.34. The number of hydrogen-bond acceptors (Lipinski definition) is 3. The highest BCUT2D eigenvalue weighted by molar-refractivity contribution is 5.95. The fourth-order valence-corrected chi connectivity index (χ4v) is 2.34. The molecule has 1 aliphatic heterocycles. The lowest BCUT2D eigenvalue weighted by Gasteiger charge is -2.33. The van der Waals surface area contributed by atoms with Gasteiger partial charge in [0.25, 0.3) is 5.91 Å². The van der Waals surface area contributed by atoms with Gasteiger partial charge in [0.05, 0.1) is 0 Å². The lowest BCUT2D eigenvalue weighted by Crippen LogP contribution is -2.39. The third-order valence-electron chi connectivity index (χ3n) is 3.22. The largest absolute Gasteiger partial charge is 0.375 e. The summed E-state index contributed by atoms with van der Waals surface area (Å²) in [5.41, 5.74) is 7.92. The van der Waals surface area contributed by atoms with E-state index in [0.29, 0.717) is 12.5 Å². The number of fused-ring (bicyclic) bond motifs is 1. The van der Waals surface area contributed by atoms with Crippen molar-refractivity contribution in [1.82, 2.24) is 0 Å². The van der Waals surface area contributed by atoms with Gasteiger partial charge in [0.15, 0.2) is 0 Å². The minimum absolute atomic E-state index is 0.00965. The monoisotopic (exact) mass is 234 g/mol. The number of methoxy groups -OCH3 is 1. The van der Waals surface area contributed by atoms with Crippen LogP contribution in [0.4, 0.5) is 5.69 Å². The molecule has 1 unspecified atom stereocenters. The van der Waals surface area contributed by atoms with Crippen molar-refractivity contribution in [2.45, 2.75) is 12.3 Å². The zero-order valence-corrected chi connectivity index (χ0v) is 10.1. The maximum Gasteiger partial charge on any atom is 0.252 e. The van der Waals surface area contributed by atoms with Crippen LogP contribution in [-0.4, -0.2) is 32.7 Å². The molecule has 1 heterocycles. The van der Waals surface area contributed by atoms with E-state index in [2.05, 4.69) is 6.07 Å². The fourth-order valence-electron chi connectivity index (χ4n) is 2.34. The molecule has 1 atom stereocenters. The first-order valence-corrected chi connectivity index (χ1v) is 5.86. The van der Waals surface area contributed by atoms with Crippen LogP contribution in [0.5, 0.6) is 0 Å². The van der Waals surface area contributed by atoms with Crippen LogP contribution in [0.25, 0.3) is 0 Å². The summed E-state index contributed by atoms with van der Waals surface area (Å²) in [4.78, 5) is 13.7. The topological polar surface area (TPSA) is 55.6 Å². The van der Waals surface area contributed by atoms with Crippen LogP contribution in [0.1, 0.15) is 17.9 Å². The van der Waals surface area contributed by atoms with E-state index in [1.165, 1.54) is 12.7 Å². The quantitative estimate of drug-likeness (QED) is 0.852. The number of para-hydroxylation sites is 1. The molecule has 1 aromatic rings. The molecule has 1 aliphatic rings. The third kappa shape index (κ3) is 2.33. The molecule has 0 aliphatic carbocycles. The van der Waals surface area contributed by atoms with Gasteiger partial charge in [-0.3, -0.25) is 4.79 Å². The minimum atomic E-state index is 0.00965. The Morgan fingerprint density at radius 2 is 2.29 bits per heavy atom. The van der Waals surface area contributed by atoms with Gasteiger partial charge in [-0.05, 0) is 30.5 Å². The number of carbonyl (C=O) groups excluding carboxylic acids is 1. The maximum atomic E-state index is 11.9. The second-order valence-corrected chi connectivity index (χ2v) is 4.26. The number of nitrogens with zero attached hydrogens (tertiary/aromatic N) is 1. The van der Waals surface area contributed by atoms with Crippen molar-refractivity contribution in [3.63, 3.8) is 0 Å². The molecule has 4 heteroatoms. The summed E-state index contributed by atoms with van der Waals surface area (Å²) in [5, 5.41) is 0. The van der Waals surface area contributed by atoms with Crippen molar-refractivity contribution in [3.05, 3.63) is 29.8 Å². The predicted molar refractivity (Wildman–Crippen MR) is 67.1 cm³/mol. The van der Waals surface area contributed by atoms with Gasteiger partial charge in [-0.2, -0.15) is 0 Å². The van der Waals surface area contributed by atoms with Crippen LogP contribution >= 0.6 is 0 Å². The third-order valence-corrected chi connectivity index (χ3v) is 3.22. The number of benzene rings is 1. The number of hydrogen-bond donors (Lipinski definition) is 1. The van der Waals surface area contributed by atoms with Crippen molar-refractivity contribution in [2.24, 2.45) is 5.73 Å². The van der Waals surface area contributed by atoms with Gasteiger partial charge >= 0.3 is 0 Å². The normalized spacial score (nSPS) is 18.9. The van der Waals surface area contributed by atoms with E-state index in [1.54, 1.807) is 4.90 Å². The molecule has 0 spiro atoms. The van der Waals surface area contributed by atoms with Gasteiger partial charge in [-0.15, -0.1) is 0 Å². The first-order valence-electron chi connectivity index (χ1n) is 5.86. The molecule has 92 valence electrons. The van der Waals surface area contributed by atoms with Gasteiger partial charge in [-0.25, -0.2) is 0 Å². The number of rotatable bonds is 3. The molecular formula is C13H18N2O2. The second-order valence-electron chi connectivity index (χ2n) is 4.26. The first-order chi connectivity index (χ1) is 8.27. The Kier molecular flexibility index (Phi) is 3.76. The van der Waals surface area contributed by atoms with Crippen molar-refractivity contribution in [3.8, 4) is 0 Å². The van der Waals surface area contributed by atoms with E-state index in [9.17, 15) is 4.79 Å². The van der Waals surface area contributed by atoms with Gasteiger partial charge in [0, 0.05) is 19.3 Å². The zero-order chi connectivity index (χ0) is 12.3. The Balaban J connectivity index is 2.31. The van der Waals surface area contributed by atoms with E-state index in [0.717, 1.165) is 18.7 Å². The van der Waals surface area contributed by atoms with Crippen molar-refractivity contribution in [2.75, 3.05) is 31.7 Å². The Morgan fingerprint density at radius 3 is 3.00 bits per heavy atom. The SMILES string of the molecule is COCC(=O)N1CCC(CN)c2ccccc21. The summed E-state index contributed by atoms with van der Waals surface area (Å²) in [7, 11) is 1.54. The summed E-state index contributed by atoms with van der Waals surface area (Å²) in [6.07, 6.45) is 0.920. The molecule has 17 heavy (non-hydrogen) atoms. The average Bonchev–Trinajstić information content (AvgIpc) is 2.37. The number of ether oxygens (including phenoxy) is 1. The summed E-state index contributed by atoms with van der Waals surface area (Å²) >= 11 is 0. The molecule has 2 N–H and O–H groups in total. The minimum Gasteiger partial charge on any atom is -0.375 e. The van der Waals surface area contributed by atoms with Crippen molar-refractivity contribution in [1.29, 1.82) is 0 Å². The molecular weight excluding hydrogens is 216 g/mol. The lowest BCUT2D eigenvalue weighted by molar-refractivity contribution is -0.122. The number of anilines is 1. The van der Waals surface area contributed by atoms with Crippen LogP contribution in [0.2, 0.25) is 0 Å². The molecule has 4 nitrogen and oxygen atoms in total. The van der Waals surface area contributed by atoms with Gasteiger partial charge in [0.2, 0.25) is 0 Å². The first kappa shape index (κ1) is 12.1. The summed E-state index contributed by atoms with van der Waals surface area (Å²) in [5.74, 6) is 0.369. The van der Waals surface area contributed by atoms with E-state index in [-0.39, 0.29) is 12.5 Å². The molecule has 0 saturated carbocycles.